The molecule has 1 amide bonds. The lowest BCUT2D eigenvalue weighted by Crippen LogP contribution is -2.13. The summed E-state index contributed by atoms with van der Waals surface area (Å²) in [6.45, 7) is 0. The summed E-state index contributed by atoms with van der Waals surface area (Å²) >= 11 is 0. The number of pyridine rings is 1. The van der Waals surface area contributed by atoms with E-state index in [1.807, 2.05) is 0 Å². The van der Waals surface area contributed by atoms with E-state index in [4.69, 9.17) is 0 Å². The summed E-state index contributed by atoms with van der Waals surface area (Å²) in [7, 11) is 0. The summed E-state index contributed by atoms with van der Waals surface area (Å²) < 4.78 is 4.50. The highest BCUT2D eigenvalue weighted by Gasteiger charge is 2.11. The molecule has 0 aliphatic rings. The van der Waals surface area contributed by atoms with E-state index in [-0.39, 0.29) is 17.2 Å². The van der Waals surface area contributed by atoms with Gasteiger partial charge in [-0.15, -0.1) is 0 Å². The standard InChI is InChI=1S/C9H6N4O4/c14-9(7-3-4-17-12-7)11-8-2-1-6(5-10-8)13(15)16/h1-5H,(H,10,11,14). The van der Waals surface area contributed by atoms with E-state index >= 15 is 0 Å². The highest BCUT2D eigenvalue weighted by molar-refractivity contribution is 6.02. The third-order valence-corrected chi connectivity index (χ3v) is 1.87. The van der Waals surface area contributed by atoms with Crippen molar-refractivity contribution in [2.75, 3.05) is 5.32 Å². The molecule has 17 heavy (non-hydrogen) atoms. The Balaban J connectivity index is 2.09. The largest absolute Gasteiger partial charge is 0.364 e. The Morgan fingerprint density at radius 2 is 2.24 bits per heavy atom. The maximum absolute atomic E-state index is 11.5. The van der Waals surface area contributed by atoms with Crippen molar-refractivity contribution in [3.8, 4) is 0 Å². The zero-order chi connectivity index (χ0) is 12.3. The summed E-state index contributed by atoms with van der Waals surface area (Å²) in [6.07, 6.45) is 2.32. The molecule has 0 aliphatic heterocycles. The van der Waals surface area contributed by atoms with Crippen molar-refractivity contribution in [1.29, 1.82) is 0 Å². The van der Waals surface area contributed by atoms with Gasteiger partial charge in [0.15, 0.2) is 5.69 Å². The fourth-order valence-corrected chi connectivity index (χ4v) is 1.08. The molecule has 8 heteroatoms. The molecule has 2 aromatic heterocycles. The third kappa shape index (κ3) is 2.43. The summed E-state index contributed by atoms with van der Waals surface area (Å²) in [5.41, 5.74) is -0.0467. The Bertz CT molecular complexity index is 535. The molecule has 0 saturated heterocycles. The lowest BCUT2D eigenvalue weighted by atomic mass is 10.4. The molecule has 0 unspecified atom stereocenters. The number of hydrogen-bond acceptors (Lipinski definition) is 6. The first-order chi connectivity index (χ1) is 8.16. The molecule has 0 aromatic carbocycles. The lowest BCUT2D eigenvalue weighted by molar-refractivity contribution is -0.385. The Hall–Kier alpha value is -2.77. The minimum absolute atomic E-state index is 0.102. The Labute approximate surface area is 94.4 Å². The second-order valence-electron chi connectivity index (χ2n) is 3.00. The minimum Gasteiger partial charge on any atom is -0.364 e. The maximum atomic E-state index is 11.5. The van der Waals surface area contributed by atoms with Crippen molar-refractivity contribution in [2.45, 2.75) is 0 Å². The van der Waals surface area contributed by atoms with Gasteiger partial charge in [0.05, 0.1) is 4.92 Å². The van der Waals surface area contributed by atoms with Gasteiger partial charge in [0.25, 0.3) is 11.6 Å². The van der Waals surface area contributed by atoms with Crippen LogP contribution in [0.2, 0.25) is 0 Å². The van der Waals surface area contributed by atoms with Gasteiger partial charge in [0.2, 0.25) is 0 Å². The predicted octanol–water partition coefficient (Wildman–Crippen LogP) is 1.23. The van der Waals surface area contributed by atoms with Gasteiger partial charge in [-0.2, -0.15) is 0 Å². The zero-order valence-corrected chi connectivity index (χ0v) is 8.36. The summed E-state index contributed by atoms with van der Waals surface area (Å²) in [6, 6.07) is 3.96. The average Bonchev–Trinajstić information content (AvgIpc) is 2.83. The van der Waals surface area contributed by atoms with Gasteiger partial charge in [0, 0.05) is 12.1 Å². The van der Waals surface area contributed by atoms with Crippen molar-refractivity contribution in [3.63, 3.8) is 0 Å². The fraction of sp³-hybridized carbons (Fsp3) is 0. The van der Waals surface area contributed by atoms with Crippen LogP contribution in [-0.2, 0) is 0 Å². The molecule has 86 valence electrons. The SMILES string of the molecule is O=C(Nc1ccc([N+](=O)[O-])cn1)c1ccon1. The molecule has 0 bridgehead atoms. The molecule has 0 aliphatic carbocycles. The van der Waals surface area contributed by atoms with Gasteiger partial charge in [-0.25, -0.2) is 4.98 Å². The topological polar surface area (TPSA) is 111 Å². The molecular formula is C9H6N4O4. The molecule has 8 nitrogen and oxygen atoms in total. The number of hydrogen-bond donors (Lipinski definition) is 1. The van der Waals surface area contributed by atoms with Crippen molar-refractivity contribution >= 4 is 17.4 Å². The van der Waals surface area contributed by atoms with Gasteiger partial charge in [-0.3, -0.25) is 14.9 Å². The second kappa shape index (κ2) is 4.39. The molecule has 0 radical (unpaired) electrons. The minimum atomic E-state index is -0.573. The fourth-order valence-electron chi connectivity index (χ4n) is 1.08. The molecule has 2 rings (SSSR count). The first-order valence-corrected chi connectivity index (χ1v) is 4.49. The van der Waals surface area contributed by atoms with E-state index in [1.165, 1.54) is 24.5 Å². The highest BCUT2D eigenvalue weighted by Crippen LogP contribution is 2.12. The number of amides is 1. The monoisotopic (exact) mass is 234 g/mol. The average molecular weight is 234 g/mol. The Morgan fingerprint density at radius 1 is 1.41 bits per heavy atom. The van der Waals surface area contributed by atoms with Gasteiger partial charge in [0.1, 0.15) is 18.3 Å². The van der Waals surface area contributed by atoms with Crippen molar-refractivity contribution < 1.29 is 14.2 Å². The van der Waals surface area contributed by atoms with Gasteiger partial charge >= 0.3 is 0 Å². The molecule has 1 N–H and O–H groups in total. The number of nitro groups is 1. The Morgan fingerprint density at radius 3 is 2.76 bits per heavy atom. The van der Waals surface area contributed by atoms with Crippen LogP contribution >= 0.6 is 0 Å². The zero-order valence-electron chi connectivity index (χ0n) is 8.36. The first kappa shape index (κ1) is 10.7. The van der Waals surface area contributed by atoms with E-state index < -0.39 is 10.8 Å². The van der Waals surface area contributed by atoms with Gasteiger partial charge in [-0.05, 0) is 6.07 Å². The van der Waals surface area contributed by atoms with Crippen LogP contribution in [-0.4, -0.2) is 21.0 Å². The summed E-state index contributed by atoms with van der Waals surface area (Å²) in [5, 5.41) is 16.2. The van der Waals surface area contributed by atoms with Crippen molar-refractivity contribution in [1.82, 2.24) is 10.1 Å². The van der Waals surface area contributed by atoms with Crippen molar-refractivity contribution in [3.05, 3.63) is 46.5 Å². The van der Waals surface area contributed by atoms with Crippen LogP contribution < -0.4 is 5.32 Å². The molecule has 0 atom stereocenters. The van der Waals surface area contributed by atoms with Crippen LogP contribution in [0.1, 0.15) is 10.5 Å². The van der Waals surface area contributed by atoms with E-state index in [1.54, 1.807) is 0 Å². The highest BCUT2D eigenvalue weighted by atomic mass is 16.6. The molecule has 2 heterocycles. The van der Waals surface area contributed by atoms with Crippen LogP contribution in [0.15, 0.2) is 35.2 Å². The quantitative estimate of drug-likeness (QED) is 0.631. The van der Waals surface area contributed by atoms with Gasteiger partial charge < -0.3 is 9.84 Å². The normalized spacial score (nSPS) is 9.88. The van der Waals surface area contributed by atoms with E-state index in [0.717, 1.165) is 6.20 Å². The predicted molar refractivity (Wildman–Crippen MR) is 55.3 cm³/mol. The first-order valence-electron chi connectivity index (χ1n) is 4.49. The second-order valence-corrected chi connectivity index (χ2v) is 3.00. The number of aromatic nitrogens is 2. The van der Waals surface area contributed by atoms with Crippen LogP contribution in [0.5, 0.6) is 0 Å². The van der Waals surface area contributed by atoms with Crippen LogP contribution in [0.4, 0.5) is 11.5 Å². The summed E-state index contributed by atoms with van der Waals surface area (Å²) in [5.74, 6) is -0.302. The molecular weight excluding hydrogens is 228 g/mol. The number of nitrogens with one attached hydrogen (secondary N) is 1. The third-order valence-electron chi connectivity index (χ3n) is 1.87. The maximum Gasteiger partial charge on any atom is 0.287 e. The summed E-state index contributed by atoms with van der Waals surface area (Å²) in [4.78, 5) is 25.0. The van der Waals surface area contributed by atoms with Crippen LogP contribution in [0.3, 0.4) is 0 Å². The number of nitrogens with zero attached hydrogens (tertiary/aromatic N) is 3. The van der Waals surface area contributed by atoms with Crippen molar-refractivity contribution in [2.24, 2.45) is 0 Å². The van der Waals surface area contributed by atoms with E-state index in [0.29, 0.717) is 0 Å². The molecule has 2 aromatic rings. The molecule has 0 spiro atoms. The van der Waals surface area contributed by atoms with E-state index in [2.05, 4.69) is 20.0 Å². The van der Waals surface area contributed by atoms with Crippen LogP contribution in [0.25, 0.3) is 0 Å². The number of rotatable bonds is 3. The van der Waals surface area contributed by atoms with E-state index in [9.17, 15) is 14.9 Å². The smallest absolute Gasteiger partial charge is 0.287 e. The number of carbonyl (C=O) groups is 1. The molecule has 0 saturated carbocycles. The Kier molecular flexibility index (Phi) is 2.77. The van der Waals surface area contributed by atoms with Crippen LogP contribution in [0, 0.1) is 10.1 Å². The molecule has 0 fully saturated rings. The number of anilines is 1. The lowest BCUT2D eigenvalue weighted by Gasteiger charge is -2.00. The van der Waals surface area contributed by atoms with Gasteiger partial charge in [-0.1, -0.05) is 5.16 Å². The number of carbonyl (C=O) groups excluding carboxylic acids is 1.